The van der Waals surface area contributed by atoms with Crippen LogP contribution in [0.2, 0.25) is 0 Å². The fraction of sp³-hybridized carbons (Fsp3) is 0.467. The lowest BCUT2D eigenvalue weighted by Crippen LogP contribution is -2.25. The van der Waals surface area contributed by atoms with E-state index in [-0.39, 0.29) is 11.5 Å². The molecule has 4 nitrogen and oxygen atoms in total. The molecule has 1 aromatic carbocycles. The Morgan fingerprint density at radius 3 is 2.65 bits per heavy atom. The van der Waals surface area contributed by atoms with E-state index < -0.39 is 10.0 Å². The van der Waals surface area contributed by atoms with Crippen LogP contribution in [0.4, 0.5) is 0 Å². The zero-order valence-corrected chi connectivity index (χ0v) is 12.5. The van der Waals surface area contributed by atoms with Gasteiger partial charge in [-0.15, -0.1) is 0 Å². The van der Waals surface area contributed by atoms with Crippen LogP contribution in [0.1, 0.15) is 38.2 Å². The molecule has 0 unspecified atom stereocenters. The molecule has 20 heavy (non-hydrogen) atoms. The van der Waals surface area contributed by atoms with E-state index in [0.717, 1.165) is 25.7 Å². The van der Waals surface area contributed by atoms with E-state index in [1.54, 1.807) is 18.2 Å². The number of hydrogen-bond donors (Lipinski definition) is 2. The summed E-state index contributed by atoms with van der Waals surface area (Å²) >= 11 is 0. The van der Waals surface area contributed by atoms with Gasteiger partial charge in [-0.1, -0.05) is 50.2 Å². The normalized spacial score (nSPS) is 10.9. The summed E-state index contributed by atoms with van der Waals surface area (Å²) in [5.41, 5.74) is 0.405. The van der Waals surface area contributed by atoms with Crippen LogP contribution >= 0.6 is 0 Å². The van der Waals surface area contributed by atoms with Gasteiger partial charge in [0.15, 0.2) is 0 Å². The zero-order chi connectivity index (χ0) is 14.8. The Balaban J connectivity index is 2.77. The molecule has 1 rings (SSSR count). The van der Waals surface area contributed by atoms with Gasteiger partial charge < -0.3 is 5.11 Å². The number of rotatable bonds is 7. The molecule has 0 atom stereocenters. The van der Waals surface area contributed by atoms with Gasteiger partial charge in [-0.25, -0.2) is 13.1 Å². The average Bonchev–Trinajstić information content (AvgIpc) is 2.45. The largest absolute Gasteiger partial charge is 0.384 e. The molecular formula is C15H21NO3S. The summed E-state index contributed by atoms with van der Waals surface area (Å²) in [6, 6.07) is 6.54. The van der Waals surface area contributed by atoms with Gasteiger partial charge in [0, 0.05) is 12.1 Å². The number of benzene rings is 1. The van der Waals surface area contributed by atoms with Crippen molar-refractivity contribution >= 4 is 10.0 Å². The van der Waals surface area contributed by atoms with Crippen LogP contribution in [0.3, 0.4) is 0 Å². The highest BCUT2D eigenvalue weighted by Crippen LogP contribution is 2.14. The number of unbranched alkanes of at least 4 members (excludes halogenated alkanes) is 3. The molecule has 110 valence electrons. The summed E-state index contributed by atoms with van der Waals surface area (Å²) < 4.78 is 27.0. The van der Waals surface area contributed by atoms with Crippen molar-refractivity contribution in [2.75, 3.05) is 13.2 Å². The van der Waals surface area contributed by atoms with Gasteiger partial charge >= 0.3 is 0 Å². The second-order valence-electron chi connectivity index (χ2n) is 4.41. The Hall–Kier alpha value is -1.35. The molecule has 0 radical (unpaired) electrons. The summed E-state index contributed by atoms with van der Waals surface area (Å²) in [5.74, 6) is 5.13. The third kappa shape index (κ3) is 5.33. The van der Waals surface area contributed by atoms with Crippen LogP contribution in [-0.2, 0) is 10.0 Å². The maximum atomic E-state index is 12.2. The first-order chi connectivity index (χ1) is 9.61. The molecule has 5 heteroatoms. The zero-order valence-electron chi connectivity index (χ0n) is 11.7. The van der Waals surface area contributed by atoms with Crippen LogP contribution in [0.5, 0.6) is 0 Å². The SMILES string of the molecule is CCCCCCNS(=O)(=O)c1ccccc1C#CCO. The van der Waals surface area contributed by atoms with Gasteiger partial charge in [0.1, 0.15) is 6.61 Å². The number of aliphatic hydroxyl groups excluding tert-OH is 1. The fourth-order valence-electron chi connectivity index (χ4n) is 1.78. The van der Waals surface area contributed by atoms with E-state index in [2.05, 4.69) is 23.5 Å². The van der Waals surface area contributed by atoms with Gasteiger partial charge in [-0.3, -0.25) is 0 Å². The van der Waals surface area contributed by atoms with Crippen molar-refractivity contribution in [2.45, 2.75) is 37.5 Å². The number of nitrogens with one attached hydrogen (secondary N) is 1. The Kier molecular flexibility index (Phi) is 7.31. The minimum Gasteiger partial charge on any atom is -0.384 e. The first-order valence-electron chi connectivity index (χ1n) is 6.80. The highest BCUT2D eigenvalue weighted by atomic mass is 32.2. The molecule has 2 N–H and O–H groups in total. The molecule has 0 amide bonds. The van der Waals surface area contributed by atoms with Crippen molar-refractivity contribution in [3.63, 3.8) is 0 Å². The van der Waals surface area contributed by atoms with Gasteiger partial charge in [0.25, 0.3) is 0 Å². The first kappa shape index (κ1) is 16.7. The van der Waals surface area contributed by atoms with Gasteiger partial charge in [0.2, 0.25) is 10.0 Å². The third-order valence-electron chi connectivity index (χ3n) is 2.80. The van der Waals surface area contributed by atoms with Gasteiger partial charge in [-0.05, 0) is 18.6 Å². The van der Waals surface area contributed by atoms with E-state index in [1.165, 1.54) is 6.07 Å². The van der Waals surface area contributed by atoms with Crippen molar-refractivity contribution in [1.29, 1.82) is 0 Å². The molecule has 0 spiro atoms. The second-order valence-corrected chi connectivity index (χ2v) is 6.15. The second kappa shape index (κ2) is 8.75. The van der Waals surface area contributed by atoms with E-state index in [1.807, 2.05) is 0 Å². The summed E-state index contributed by atoms with van der Waals surface area (Å²) in [6.07, 6.45) is 4.08. The molecule has 0 heterocycles. The van der Waals surface area contributed by atoms with Gasteiger partial charge in [-0.2, -0.15) is 0 Å². The van der Waals surface area contributed by atoms with Crippen molar-refractivity contribution in [3.05, 3.63) is 29.8 Å². The van der Waals surface area contributed by atoms with Crippen molar-refractivity contribution in [2.24, 2.45) is 0 Å². The Labute approximate surface area is 121 Å². The lowest BCUT2D eigenvalue weighted by Gasteiger charge is -2.08. The van der Waals surface area contributed by atoms with E-state index in [4.69, 9.17) is 5.11 Å². The Bertz CT molecular complexity index is 570. The highest BCUT2D eigenvalue weighted by molar-refractivity contribution is 7.89. The minimum absolute atomic E-state index is 0.163. The molecule has 0 bridgehead atoms. The fourth-order valence-corrected chi connectivity index (χ4v) is 3.01. The predicted octanol–water partition coefficient (Wildman–Crippen LogP) is 1.89. The Morgan fingerprint density at radius 1 is 1.20 bits per heavy atom. The maximum absolute atomic E-state index is 12.2. The smallest absolute Gasteiger partial charge is 0.241 e. The number of aliphatic hydroxyl groups is 1. The summed E-state index contributed by atoms with van der Waals surface area (Å²) in [6.45, 7) is 2.25. The summed E-state index contributed by atoms with van der Waals surface area (Å²) in [5, 5.41) is 8.71. The standard InChI is InChI=1S/C15H21NO3S/c1-2-3-4-7-12-16-20(18,19)15-11-6-5-9-14(15)10-8-13-17/h5-6,9,11,16-17H,2-4,7,12-13H2,1H3. The summed E-state index contributed by atoms with van der Waals surface area (Å²) in [7, 11) is -3.54. The first-order valence-corrected chi connectivity index (χ1v) is 8.28. The van der Waals surface area contributed by atoms with Crippen LogP contribution in [-0.4, -0.2) is 26.7 Å². The number of hydrogen-bond acceptors (Lipinski definition) is 3. The monoisotopic (exact) mass is 295 g/mol. The van der Waals surface area contributed by atoms with Crippen LogP contribution in [0, 0.1) is 11.8 Å². The molecule has 0 saturated carbocycles. The quantitative estimate of drug-likeness (QED) is 0.596. The molecule has 0 saturated heterocycles. The highest BCUT2D eigenvalue weighted by Gasteiger charge is 2.16. The third-order valence-corrected chi connectivity index (χ3v) is 4.32. The maximum Gasteiger partial charge on any atom is 0.241 e. The average molecular weight is 295 g/mol. The molecule has 0 aliphatic rings. The Morgan fingerprint density at radius 2 is 1.95 bits per heavy atom. The molecule has 0 aliphatic heterocycles. The van der Waals surface area contributed by atoms with Crippen LogP contribution in [0.15, 0.2) is 29.2 Å². The lowest BCUT2D eigenvalue weighted by molar-refractivity contribution is 0.350. The molecule has 0 fully saturated rings. The molecule has 1 aromatic rings. The van der Waals surface area contributed by atoms with Gasteiger partial charge in [0.05, 0.1) is 4.90 Å². The van der Waals surface area contributed by atoms with Crippen molar-refractivity contribution in [1.82, 2.24) is 4.72 Å². The minimum atomic E-state index is -3.54. The molecule has 0 aliphatic carbocycles. The van der Waals surface area contributed by atoms with Crippen LogP contribution < -0.4 is 4.72 Å². The number of sulfonamides is 1. The van der Waals surface area contributed by atoms with Crippen molar-refractivity contribution in [3.8, 4) is 11.8 Å². The predicted molar refractivity (Wildman–Crippen MR) is 79.7 cm³/mol. The topological polar surface area (TPSA) is 66.4 Å². The molecule has 0 aromatic heterocycles. The van der Waals surface area contributed by atoms with E-state index in [0.29, 0.717) is 12.1 Å². The lowest BCUT2D eigenvalue weighted by atomic mass is 10.2. The van der Waals surface area contributed by atoms with E-state index >= 15 is 0 Å². The van der Waals surface area contributed by atoms with E-state index in [9.17, 15) is 8.42 Å². The summed E-state index contributed by atoms with van der Waals surface area (Å²) in [4.78, 5) is 0.163. The van der Waals surface area contributed by atoms with Crippen LogP contribution in [0.25, 0.3) is 0 Å². The molecular weight excluding hydrogens is 274 g/mol. The van der Waals surface area contributed by atoms with Crippen molar-refractivity contribution < 1.29 is 13.5 Å².